The third-order valence-electron chi connectivity index (χ3n) is 3.29. The first kappa shape index (κ1) is 18.3. The average molecular weight is 308 g/mol. The molecule has 1 unspecified atom stereocenters. The van der Waals surface area contributed by atoms with Crippen LogP contribution in [0.4, 0.5) is 10.5 Å². The van der Waals surface area contributed by atoms with Gasteiger partial charge in [0, 0.05) is 12.2 Å². The number of carbonyl (C=O) groups excluding carboxylic acids is 1. The smallest absolute Gasteiger partial charge is 0.319 e. The largest absolute Gasteiger partial charge is 0.491 e. The van der Waals surface area contributed by atoms with Crippen molar-refractivity contribution in [1.82, 2.24) is 5.32 Å². The predicted molar refractivity (Wildman–Crippen MR) is 89.4 cm³/mol. The lowest BCUT2D eigenvalue weighted by Crippen LogP contribution is -2.32. The average Bonchev–Trinajstić information content (AvgIpc) is 2.41. The molecule has 0 fully saturated rings. The van der Waals surface area contributed by atoms with Crippen molar-refractivity contribution in [2.45, 2.75) is 53.2 Å². The number of benzene rings is 1. The van der Waals surface area contributed by atoms with E-state index in [9.17, 15) is 9.90 Å². The van der Waals surface area contributed by atoms with Gasteiger partial charge in [-0.15, -0.1) is 0 Å². The number of nitrogens with one attached hydrogen (secondary N) is 2. The van der Waals surface area contributed by atoms with Gasteiger partial charge in [0.2, 0.25) is 0 Å². The van der Waals surface area contributed by atoms with Crippen LogP contribution in [0.5, 0.6) is 5.75 Å². The van der Waals surface area contributed by atoms with Crippen molar-refractivity contribution < 1.29 is 14.6 Å². The molecular formula is C17H28N2O3. The van der Waals surface area contributed by atoms with Crippen molar-refractivity contribution in [3.05, 3.63) is 23.8 Å². The number of anilines is 1. The molecule has 0 aliphatic heterocycles. The Hall–Kier alpha value is -1.75. The molecule has 0 radical (unpaired) electrons. The normalized spacial score (nSPS) is 12.4. The minimum Gasteiger partial charge on any atom is -0.491 e. The summed E-state index contributed by atoms with van der Waals surface area (Å²) in [6.07, 6.45) is 0.272. The molecule has 5 nitrogen and oxygen atoms in total. The van der Waals surface area contributed by atoms with Crippen molar-refractivity contribution in [3.63, 3.8) is 0 Å². The molecule has 0 saturated heterocycles. The van der Waals surface area contributed by atoms with E-state index in [1.807, 2.05) is 52.8 Å². The number of aliphatic hydroxyl groups is 1. The minimum absolute atomic E-state index is 0.119. The van der Waals surface area contributed by atoms with E-state index in [0.29, 0.717) is 13.0 Å². The van der Waals surface area contributed by atoms with Crippen LogP contribution in [-0.2, 0) is 0 Å². The van der Waals surface area contributed by atoms with Crippen LogP contribution in [0.1, 0.15) is 39.7 Å². The molecule has 0 aromatic heterocycles. The summed E-state index contributed by atoms with van der Waals surface area (Å²) in [6, 6.07) is 5.27. The number of urea groups is 1. The van der Waals surface area contributed by atoms with Gasteiger partial charge >= 0.3 is 6.03 Å². The molecule has 3 N–H and O–H groups in total. The van der Waals surface area contributed by atoms with Crippen molar-refractivity contribution >= 4 is 11.7 Å². The van der Waals surface area contributed by atoms with Crippen LogP contribution < -0.4 is 15.4 Å². The van der Waals surface area contributed by atoms with Crippen LogP contribution in [0.3, 0.4) is 0 Å². The maximum absolute atomic E-state index is 11.8. The number of hydrogen-bond acceptors (Lipinski definition) is 3. The van der Waals surface area contributed by atoms with E-state index >= 15 is 0 Å². The lowest BCUT2D eigenvalue weighted by Gasteiger charge is -2.15. The topological polar surface area (TPSA) is 70.6 Å². The highest BCUT2D eigenvalue weighted by molar-refractivity contribution is 5.89. The van der Waals surface area contributed by atoms with Gasteiger partial charge in [0.05, 0.1) is 12.2 Å². The first-order valence-electron chi connectivity index (χ1n) is 7.79. The zero-order valence-corrected chi connectivity index (χ0v) is 14.1. The van der Waals surface area contributed by atoms with Gasteiger partial charge in [-0.2, -0.15) is 0 Å². The number of carbonyl (C=O) groups is 1. The Morgan fingerprint density at radius 1 is 1.27 bits per heavy atom. The van der Waals surface area contributed by atoms with Crippen molar-refractivity contribution in [2.75, 3.05) is 11.9 Å². The Kier molecular flexibility index (Phi) is 7.18. The Labute approximate surface area is 133 Å². The van der Waals surface area contributed by atoms with E-state index in [4.69, 9.17) is 4.74 Å². The second-order valence-corrected chi connectivity index (χ2v) is 6.13. The molecule has 1 aromatic rings. The second-order valence-electron chi connectivity index (χ2n) is 6.13. The molecular weight excluding hydrogens is 280 g/mol. The summed E-state index contributed by atoms with van der Waals surface area (Å²) in [5.74, 6) is 1.02. The summed E-state index contributed by atoms with van der Waals surface area (Å²) in [6.45, 7) is 10.2. The predicted octanol–water partition coefficient (Wildman–Crippen LogP) is 3.31. The Morgan fingerprint density at radius 3 is 2.50 bits per heavy atom. The molecule has 22 heavy (non-hydrogen) atoms. The first-order valence-corrected chi connectivity index (χ1v) is 7.79. The fraction of sp³-hybridized carbons (Fsp3) is 0.588. The van der Waals surface area contributed by atoms with Gasteiger partial charge in [-0.3, -0.25) is 0 Å². The van der Waals surface area contributed by atoms with Crippen LogP contribution in [0.25, 0.3) is 0 Å². The van der Waals surface area contributed by atoms with Gasteiger partial charge in [-0.05, 0) is 56.9 Å². The van der Waals surface area contributed by atoms with Gasteiger partial charge in [-0.1, -0.05) is 13.8 Å². The van der Waals surface area contributed by atoms with E-state index < -0.39 is 6.10 Å². The summed E-state index contributed by atoms with van der Waals surface area (Å²) < 4.78 is 5.66. The molecule has 124 valence electrons. The van der Waals surface area contributed by atoms with Crippen molar-refractivity contribution in [3.8, 4) is 5.75 Å². The van der Waals surface area contributed by atoms with E-state index in [2.05, 4.69) is 10.6 Å². The fourth-order valence-corrected chi connectivity index (χ4v) is 1.96. The molecule has 2 amide bonds. The Balaban J connectivity index is 2.46. The molecule has 5 heteroatoms. The number of ether oxygens (including phenoxy) is 1. The lowest BCUT2D eigenvalue weighted by molar-refractivity contribution is 0.117. The second kappa shape index (κ2) is 8.63. The highest BCUT2D eigenvalue weighted by atomic mass is 16.5. The van der Waals surface area contributed by atoms with Gasteiger partial charge in [0.15, 0.2) is 0 Å². The number of aliphatic hydroxyl groups excluding tert-OH is 1. The van der Waals surface area contributed by atoms with Gasteiger partial charge < -0.3 is 20.5 Å². The Bertz CT molecular complexity index is 487. The van der Waals surface area contributed by atoms with Crippen LogP contribution in [0.2, 0.25) is 0 Å². The van der Waals surface area contributed by atoms with E-state index in [1.165, 1.54) is 0 Å². The molecule has 0 aliphatic carbocycles. The first-order chi connectivity index (χ1) is 10.3. The van der Waals surface area contributed by atoms with E-state index in [0.717, 1.165) is 17.0 Å². The monoisotopic (exact) mass is 308 g/mol. The maximum atomic E-state index is 11.8. The van der Waals surface area contributed by atoms with Crippen molar-refractivity contribution in [2.24, 2.45) is 5.92 Å². The van der Waals surface area contributed by atoms with E-state index in [1.54, 1.807) is 0 Å². The third kappa shape index (κ3) is 6.35. The third-order valence-corrected chi connectivity index (χ3v) is 3.29. The Morgan fingerprint density at radius 2 is 1.95 bits per heavy atom. The molecule has 1 rings (SSSR count). The van der Waals surface area contributed by atoms with Crippen LogP contribution in [0, 0.1) is 12.8 Å². The van der Waals surface area contributed by atoms with Gasteiger partial charge in [0.25, 0.3) is 0 Å². The quantitative estimate of drug-likeness (QED) is 0.723. The van der Waals surface area contributed by atoms with Gasteiger partial charge in [0.1, 0.15) is 5.75 Å². The number of rotatable bonds is 7. The standard InChI is InChI=1S/C17H28N2O3/c1-11(2)15(20)8-9-18-17(21)19-14-6-7-16(13(5)10-14)22-12(3)4/h6-7,10-12,15,20H,8-9H2,1-5H3,(H2,18,19,21). The molecule has 1 atom stereocenters. The fourth-order valence-electron chi connectivity index (χ4n) is 1.96. The molecule has 0 spiro atoms. The van der Waals surface area contributed by atoms with Crippen LogP contribution in [-0.4, -0.2) is 29.9 Å². The molecule has 0 saturated carbocycles. The number of amides is 2. The summed E-state index contributed by atoms with van der Waals surface area (Å²) in [7, 11) is 0. The number of aryl methyl sites for hydroxylation is 1. The van der Waals surface area contributed by atoms with Crippen LogP contribution in [0.15, 0.2) is 18.2 Å². The summed E-state index contributed by atoms with van der Waals surface area (Å²) >= 11 is 0. The lowest BCUT2D eigenvalue weighted by atomic mass is 10.0. The SMILES string of the molecule is Cc1cc(NC(=O)NCCC(O)C(C)C)ccc1OC(C)C. The summed E-state index contributed by atoms with van der Waals surface area (Å²) in [5, 5.41) is 15.2. The minimum atomic E-state index is -0.394. The highest BCUT2D eigenvalue weighted by Gasteiger charge is 2.10. The zero-order valence-electron chi connectivity index (χ0n) is 14.1. The molecule has 0 bridgehead atoms. The van der Waals surface area contributed by atoms with E-state index in [-0.39, 0.29) is 18.1 Å². The summed E-state index contributed by atoms with van der Waals surface area (Å²) in [4.78, 5) is 11.8. The highest BCUT2D eigenvalue weighted by Crippen LogP contribution is 2.22. The molecule has 1 aromatic carbocycles. The molecule has 0 aliphatic rings. The zero-order chi connectivity index (χ0) is 16.7. The van der Waals surface area contributed by atoms with Crippen LogP contribution >= 0.6 is 0 Å². The summed E-state index contributed by atoms with van der Waals surface area (Å²) in [5.41, 5.74) is 1.69. The van der Waals surface area contributed by atoms with Gasteiger partial charge in [-0.25, -0.2) is 4.79 Å². The van der Waals surface area contributed by atoms with Crippen molar-refractivity contribution in [1.29, 1.82) is 0 Å². The molecule has 0 heterocycles. The number of hydrogen-bond donors (Lipinski definition) is 3. The maximum Gasteiger partial charge on any atom is 0.319 e.